The van der Waals surface area contributed by atoms with E-state index in [4.69, 9.17) is 0 Å². The van der Waals surface area contributed by atoms with Crippen molar-refractivity contribution in [3.05, 3.63) is 12.2 Å². The molecule has 0 unspecified atom stereocenters. The third-order valence-electron chi connectivity index (χ3n) is 1.40. The predicted octanol–water partition coefficient (Wildman–Crippen LogP) is 2.34. The largest absolute Gasteiger partial charge is 0.314 e. The fourth-order valence-corrected chi connectivity index (χ4v) is 0.751. The molecule has 60 valence electrons. The normalized spacial score (nSPS) is 11.0. The number of unbranched alkanes of at least 4 members (excludes halogenated alkanes) is 2. The van der Waals surface area contributed by atoms with Gasteiger partial charge in [-0.3, -0.25) is 0 Å². The van der Waals surface area contributed by atoms with Gasteiger partial charge in [0.25, 0.3) is 0 Å². The van der Waals surface area contributed by atoms with Crippen LogP contribution in [0.3, 0.4) is 0 Å². The number of allylic oxidation sites excluding steroid dienone is 1. The van der Waals surface area contributed by atoms with Crippen molar-refractivity contribution in [1.29, 1.82) is 0 Å². The first-order chi connectivity index (χ1) is 4.91. The number of hydrogen-bond donors (Lipinski definition) is 1. The number of hydrogen-bond acceptors (Lipinski definition) is 1. The van der Waals surface area contributed by atoms with Crippen LogP contribution in [0, 0.1) is 0 Å². The van der Waals surface area contributed by atoms with Crippen LogP contribution >= 0.6 is 0 Å². The first-order valence-electron chi connectivity index (χ1n) is 4.27. The summed E-state index contributed by atoms with van der Waals surface area (Å²) >= 11 is 0. The molecule has 0 fully saturated rings. The zero-order chi connectivity index (χ0) is 7.66. The molecule has 0 amide bonds. The van der Waals surface area contributed by atoms with Gasteiger partial charge in [-0.15, -0.1) is 0 Å². The van der Waals surface area contributed by atoms with E-state index in [0.717, 1.165) is 13.1 Å². The molecule has 0 bridgehead atoms. The molecule has 1 nitrogen and oxygen atoms in total. The van der Waals surface area contributed by atoms with Gasteiger partial charge in [-0.05, 0) is 13.0 Å². The van der Waals surface area contributed by atoms with E-state index >= 15 is 0 Å². The van der Waals surface area contributed by atoms with E-state index < -0.39 is 0 Å². The van der Waals surface area contributed by atoms with Gasteiger partial charge in [0.15, 0.2) is 0 Å². The van der Waals surface area contributed by atoms with Crippen LogP contribution < -0.4 is 5.32 Å². The minimum Gasteiger partial charge on any atom is -0.314 e. The molecule has 1 heteroatoms. The minimum absolute atomic E-state index is 1.03. The van der Waals surface area contributed by atoms with Gasteiger partial charge in [0.2, 0.25) is 0 Å². The van der Waals surface area contributed by atoms with Crippen molar-refractivity contribution >= 4 is 0 Å². The van der Waals surface area contributed by atoms with Crippen LogP contribution in [0.25, 0.3) is 0 Å². The van der Waals surface area contributed by atoms with E-state index in [0.29, 0.717) is 0 Å². The van der Waals surface area contributed by atoms with E-state index in [2.05, 4.69) is 31.3 Å². The van der Waals surface area contributed by atoms with Crippen molar-refractivity contribution in [2.45, 2.75) is 33.1 Å². The maximum absolute atomic E-state index is 3.24. The van der Waals surface area contributed by atoms with Gasteiger partial charge in [0.05, 0.1) is 0 Å². The van der Waals surface area contributed by atoms with Gasteiger partial charge >= 0.3 is 0 Å². The van der Waals surface area contributed by atoms with Crippen LogP contribution in [0.5, 0.6) is 0 Å². The molecule has 0 rings (SSSR count). The van der Waals surface area contributed by atoms with Crippen molar-refractivity contribution < 1.29 is 0 Å². The van der Waals surface area contributed by atoms with E-state index in [1.165, 1.54) is 19.3 Å². The van der Waals surface area contributed by atoms with Crippen LogP contribution in [-0.2, 0) is 0 Å². The summed E-state index contributed by atoms with van der Waals surface area (Å²) in [6, 6.07) is 0. The smallest absolute Gasteiger partial charge is 0.0134 e. The lowest BCUT2D eigenvalue weighted by Gasteiger charge is -1.92. The molecule has 0 aromatic carbocycles. The van der Waals surface area contributed by atoms with Gasteiger partial charge < -0.3 is 5.32 Å². The van der Waals surface area contributed by atoms with Gasteiger partial charge in [0.1, 0.15) is 0 Å². The lowest BCUT2D eigenvalue weighted by atomic mass is 10.2. The van der Waals surface area contributed by atoms with Crippen molar-refractivity contribution in [3.8, 4) is 0 Å². The lowest BCUT2D eigenvalue weighted by Crippen LogP contribution is -2.11. The average molecular weight is 141 g/mol. The van der Waals surface area contributed by atoms with Crippen molar-refractivity contribution in [3.63, 3.8) is 0 Å². The van der Waals surface area contributed by atoms with Crippen LogP contribution in [0.4, 0.5) is 0 Å². The van der Waals surface area contributed by atoms with E-state index in [9.17, 15) is 0 Å². The fraction of sp³-hybridized carbons (Fsp3) is 0.778. The zero-order valence-electron chi connectivity index (χ0n) is 7.19. The molecule has 0 aromatic heterocycles. The second kappa shape index (κ2) is 8.70. The second-order valence-corrected chi connectivity index (χ2v) is 2.42. The van der Waals surface area contributed by atoms with Crippen molar-refractivity contribution in [2.75, 3.05) is 13.1 Å². The summed E-state index contributed by atoms with van der Waals surface area (Å²) in [5.74, 6) is 0. The Labute approximate surface area is 64.5 Å². The molecule has 0 aliphatic carbocycles. The summed E-state index contributed by atoms with van der Waals surface area (Å²) in [5, 5.41) is 3.24. The van der Waals surface area contributed by atoms with E-state index in [1.807, 2.05) is 0 Å². The Morgan fingerprint density at radius 2 is 2.00 bits per heavy atom. The first kappa shape index (κ1) is 9.70. The molecular weight excluding hydrogens is 122 g/mol. The SMILES string of the molecule is CCCCC=CCNCC. The summed E-state index contributed by atoms with van der Waals surface area (Å²) in [4.78, 5) is 0. The molecule has 10 heavy (non-hydrogen) atoms. The zero-order valence-corrected chi connectivity index (χ0v) is 7.19. The molecular formula is C9H19N. The Bertz CT molecular complexity index is 66.8. The van der Waals surface area contributed by atoms with Gasteiger partial charge in [-0.2, -0.15) is 0 Å². The number of likely N-dealkylation sites (N-methyl/N-ethyl adjacent to an activating group) is 1. The molecule has 0 aromatic rings. The summed E-state index contributed by atoms with van der Waals surface area (Å²) < 4.78 is 0. The molecule has 0 spiro atoms. The molecule has 0 saturated carbocycles. The quantitative estimate of drug-likeness (QED) is 0.442. The van der Waals surface area contributed by atoms with Gasteiger partial charge in [-0.1, -0.05) is 38.8 Å². The van der Waals surface area contributed by atoms with Crippen LogP contribution in [0.1, 0.15) is 33.1 Å². The maximum atomic E-state index is 3.24. The molecule has 0 aliphatic rings. The fourth-order valence-electron chi connectivity index (χ4n) is 0.751. The molecule has 0 saturated heterocycles. The highest BCUT2D eigenvalue weighted by atomic mass is 14.8. The highest BCUT2D eigenvalue weighted by Gasteiger charge is 1.77. The second-order valence-electron chi connectivity index (χ2n) is 2.42. The Morgan fingerprint density at radius 3 is 2.60 bits per heavy atom. The predicted molar refractivity (Wildman–Crippen MR) is 47.2 cm³/mol. The standard InChI is InChI=1S/C9H19N/c1-3-5-6-7-8-9-10-4-2/h7-8,10H,3-6,9H2,1-2H3. The first-order valence-corrected chi connectivity index (χ1v) is 4.27. The highest BCUT2D eigenvalue weighted by Crippen LogP contribution is 1.93. The Balaban J connectivity index is 2.89. The van der Waals surface area contributed by atoms with Crippen molar-refractivity contribution in [1.82, 2.24) is 5.32 Å². The van der Waals surface area contributed by atoms with E-state index in [-0.39, 0.29) is 0 Å². The number of nitrogens with one attached hydrogen (secondary N) is 1. The molecule has 0 radical (unpaired) electrons. The Kier molecular flexibility index (Phi) is 8.44. The summed E-state index contributed by atoms with van der Waals surface area (Å²) in [7, 11) is 0. The summed E-state index contributed by atoms with van der Waals surface area (Å²) in [6.45, 7) is 6.44. The van der Waals surface area contributed by atoms with Gasteiger partial charge in [-0.25, -0.2) is 0 Å². The van der Waals surface area contributed by atoms with Gasteiger partial charge in [0, 0.05) is 6.54 Å². The van der Waals surface area contributed by atoms with E-state index in [1.54, 1.807) is 0 Å². The molecule has 0 atom stereocenters. The summed E-state index contributed by atoms with van der Waals surface area (Å²) in [5.41, 5.74) is 0. The monoisotopic (exact) mass is 141 g/mol. The van der Waals surface area contributed by atoms with Crippen molar-refractivity contribution in [2.24, 2.45) is 0 Å². The molecule has 0 aliphatic heterocycles. The van der Waals surface area contributed by atoms with Crippen LogP contribution in [0.15, 0.2) is 12.2 Å². The topological polar surface area (TPSA) is 12.0 Å². The Morgan fingerprint density at radius 1 is 1.20 bits per heavy atom. The van der Waals surface area contributed by atoms with Crippen LogP contribution in [0.2, 0.25) is 0 Å². The average Bonchev–Trinajstić information content (AvgIpc) is 1.97. The Hall–Kier alpha value is -0.300. The summed E-state index contributed by atoms with van der Waals surface area (Å²) in [6.07, 6.45) is 8.32. The van der Waals surface area contributed by atoms with Crippen LogP contribution in [-0.4, -0.2) is 13.1 Å². The highest BCUT2D eigenvalue weighted by molar-refractivity contribution is 4.83. The minimum atomic E-state index is 1.03. The lowest BCUT2D eigenvalue weighted by molar-refractivity contribution is 0.785. The molecule has 1 N–H and O–H groups in total. The maximum Gasteiger partial charge on any atom is 0.0134 e. The third-order valence-corrected chi connectivity index (χ3v) is 1.40. The molecule has 0 heterocycles. The number of rotatable bonds is 6. The third kappa shape index (κ3) is 7.70.